The predicted octanol–water partition coefficient (Wildman–Crippen LogP) is 5.00. The van der Waals surface area contributed by atoms with E-state index in [9.17, 15) is 14.7 Å². The molecule has 5 aromatic rings. The lowest BCUT2D eigenvalue weighted by atomic mass is 9.70. The summed E-state index contributed by atoms with van der Waals surface area (Å²) >= 11 is 6.21. The summed E-state index contributed by atoms with van der Waals surface area (Å²) in [7, 11) is 0. The van der Waals surface area contributed by atoms with Crippen LogP contribution in [-0.4, -0.2) is 26.3 Å². The fourth-order valence-corrected chi connectivity index (χ4v) is 7.13. The number of nitrogen functional groups attached to an aromatic ring is 1. The van der Waals surface area contributed by atoms with Gasteiger partial charge in [0, 0.05) is 50.0 Å². The lowest BCUT2D eigenvalue weighted by molar-refractivity contribution is -0.754. The van der Waals surface area contributed by atoms with E-state index in [2.05, 4.69) is 21.7 Å². The molecule has 0 saturated carbocycles. The van der Waals surface area contributed by atoms with Crippen LogP contribution in [0.15, 0.2) is 69.5 Å². The lowest BCUT2D eigenvalue weighted by Crippen LogP contribution is -2.35. The summed E-state index contributed by atoms with van der Waals surface area (Å²) in [5.41, 5.74) is 13.2. The Kier molecular flexibility index (Phi) is 7.75. The average molecular weight is 626 g/mol. The number of nitrogens with zero attached hydrogens (tertiary/aromatic N) is 3. The molecule has 2 aliphatic rings. The van der Waals surface area contributed by atoms with Gasteiger partial charge in [0.1, 0.15) is 17.9 Å². The molecular weight excluding hydrogens is 592 g/mol. The molecule has 2 aromatic carbocycles. The second kappa shape index (κ2) is 12.0. The maximum Gasteiger partial charge on any atom is 0.336 e. The lowest BCUT2D eigenvalue weighted by Gasteiger charge is -2.36. The molecule has 0 radical (unpaired) electrons. The number of aromatic hydroxyl groups is 1. The van der Waals surface area contributed by atoms with Gasteiger partial charge in [0.15, 0.2) is 6.20 Å². The van der Waals surface area contributed by atoms with Crippen LogP contribution >= 0.6 is 11.6 Å². The highest BCUT2D eigenvalue weighted by molar-refractivity contribution is 6.31. The Labute approximate surface area is 263 Å². The molecule has 3 heterocycles. The van der Waals surface area contributed by atoms with Gasteiger partial charge in [-0.05, 0) is 86.3 Å². The molecule has 230 valence electrons. The third kappa shape index (κ3) is 6.15. The zero-order valence-corrected chi connectivity index (χ0v) is 25.4. The van der Waals surface area contributed by atoms with Crippen LogP contribution < -0.4 is 21.4 Å². The van der Waals surface area contributed by atoms with Gasteiger partial charge in [0.2, 0.25) is 11.6 Å². The van der Waals surface area contributed by atoms with Crippen molar-refractivity contribution in [1.29, 1.82) is 0 Å². The minimum Gasteiger partial charge on any atom is -0.508 e. The van der Waals surface area contributed by atoms with Gasteiger partial charge in [-0.2, -0.15) is 4.68 Å². The van der Waals surface area contributed by atoms with Gasteiger partial charge in [-0.1, -0.05) is 28.5 Å². The van der Waals surface area contributed by atoms with E-state index in [4.69, 9.17) is 26.7 Å². The molecule has 2 bridgehead atoms. The topological polar surface area (TPSA) is 151 Å². The Balaban J connectivity index is 0.896. The highest BCUT2D eigenvalue weighted by atomic mass is 35.5. The van der Waals surface area contributed by atoms with Gasteiger partial charge < -0.3 is 20.6 Å². The second-order valence-electron chi connectivity index (χ2n) is 12.2. The summed E-state index contributed by atoms with van der Waals surface area (Å²) in [6.45, 7) is 1.06. The van der Waals surface area contributed by atoms with Crippen molar-refractivity contribution in [2.24, 2.45) is 5.92 Å². The van der Waals surface area contributed by atoms with Crippen molar-refractivity contribution in [3.05, 3.63) is 98.3 Å². The largest absolute Gasteiger partial charge is 0.508 e. The number of phenols is 1. The third-order valence-electron chi connectivity index (χ3n) is 8.94. The number of aromatic amines is 1. The molecule has 2 unspecified atom stereocenters. The van der Waals surface area contributed by atoms with Crippen LogP contribution in [0.5, 0.6) is 5.75 Å². The maximum atomic E-state index is 12.6. The van der Waals surface area contributed by atoms with Crippen molar-refractivity contribution in [3.63, 3.8) is 0 Å². The molecule has 0 aliphatic heterocycles. The number of nitrogens with one attached hydrogen (secondary N) is 2. The van der Waals surface area contributed by atoms with Crippen LogP contribution in [0.3, 0.4) is 0 Å². The number of amides is 1. The number of nitrogens with two attached hydrogens (primary N) is 1. The molecule has 7 rings (SSSR count). The number of carbonyl (C=O) groups is 1. The number of pyridine rings is 1. The first-order valence-electron chi connectivity index (χ1n) is 15.3. The number of aromatic nitrogens is 4. The second-order valence-corrected chi connectivity index (χ2v) is 12.6. The molecule has 11 heteroatoms. The quantitative estimate of drug-likeness (QED) is 0.0779. The van der Waals surface area contributed by atoms with Gasteiger partial charge in [0.05, 0.1) is 18.5 Å². The van der Waals surface area contributed by atoms with E-state index in [1.165, 1.54) is 29.3 Å². The van der Waals surface area contributed by atoms with Crippen molar-refractivity contribution >= 4 is 45.1 Å². The molecule has 45 heavy (non-hydrogen) atoms. The number of hydrogen-bond donors (Lipinski definition) is 4. The zero-order chi connectivity index (χ0) is 31.1. The number of rotatable bonds is 9. The summed E-state index contributed by atoms with van der Waals surface area (Å²) in [4.78, 5) is 29.5. The number of carbonyl (C=O) groups excluding carboxylic acids is 1. The molecule has 2 aliphatic carbocycles. The number of benzene rings is 2. The minimum absolute atomic E-state index is 0.00895. The smallest absolute Gasteiger partial charge is 0.336 e. The molecule has 5 N–H and O–H groups in total. The highest BCUT2D eigenvalue weighted by Crippen LogP contribution is 2.47. The fourth-order valence-electron chi connectivity index (χ4n) is 6.96. The van der Waals surface area contributed by atoms with Crippen LogP contribution in [0.25, 0.3) is 21.9 Å². The average Bonchev–Trinajstić information content (AvgIpc) is 3.45. The number of unbranched alkanes of at least 4 members (excludes halogenated alkanes) is 1. The fraction of sp³-hybridized carbons (Fsp3) is 0.324. The van der Waals surface area contributed by atoms with Crippen molar-refractivity contribution in [2.45, 2.75) is 64.0 Å². The molecule has 1 amide bonds. The van der Waals surface area contributed by atoms with Crippen LogP contribution in [0.1, 0.15) is 60.5 Å². The van der Waals surface area contributed by atoms with Crippen molar-refractivity contribution < 1.29 is 19.0 Å². The summed E-state index contributed by atoms with van der Waals surface area (Å²) < 4.78 is 7.08. The van der Waals surface area contributed by atoms with Crippen LogP contribution in [0.4, 0.5) is 5.69 Å². The number of phenolic OH excluding ortho intramolecular Hbond substituents is 1. The standard InChI is InChI=1S/C34H33ClN6O4/c35-23-4-6-27-28(15-23)38-29-12-20-9-19(10-22(11-20)33(29)34(27)36)3-1-2-8-41-18-24(39-40-41)17-37-31(43)13-21-14-32(44)45-30-16-25(42)5-7-26(21)30/h4-7,9,14-16,18,20,22H,1-3,8,10-13,17H2,(H4,36,37,38,42,43,44)/p+1. The number of fused-ring (bicyclic) bond motifs is 6. The molecule has 0 spiro atoms. The van der Waals surface area contributed by atoms with Crippen LogP contribution in [0.2, 0.25) is 5.02 Å². The van der Waals surface area contributed by atoms with E-state index >= 15 is 0 Å². The van der Waals surface area contributed by atoms with Gasteiger partial charge in [-0.15, -0.1) is 0 Å². The van der Waals surface area contributed by atoms with Crippen molar-refractivity contribution in [1.82, 2.24) is 20.6 Å². The molecule has 0 fully saturated rings. The summed E-state index contributed by atoms with van der Waals surface area (Å²) in [5.74, 6) is 0.661. The first kappa shape index (κ1) is 29.0. The van der Waals surface area contributed by atoms with E-state index in [1.54, 1.807) is 6.07 Å². The first-order valence-corrected chi connectivity index (χ1v) is 15.7. The van der Waals surface area contributed by atoms with Gasteiger partial charge >= 0.3 is 5.63 Å². The number of hydrogen-bond acceptors (Lipinski definition) is 7. The highest BCUT2D eigenvalue weighted by Gasteiger charge is 2.33. The summed E-state index contributed by atoms with van der Waals surface area (Å²) in [6.07, 6.45) is 10.6. The normalized spacial score (nSPS) is 17.3. The molecule has 2 atom stereocenters. The Morgan fingerprint density at radius 3 is 2.91 bits per heavy atom. The summed E-state index contributed by atoms with van der Waals surface area (Å²) in [5, 5.41) is 22.2. The minimum atomic E-state index is -0.570. The Morgan fingerprint density at radius 1 is 1.16 bits per heavy atom. The zero-order valence-electron chi connectivity index (χ0n) is 24.7. The van der Waals surface area contributed by atoms with E-state index in [-0.39, 0.29) is 30.2 Å². The monoisotopic (exact) mass is 625 g/mol. The third-order valence-corrected chi connectivity index (χ3v) is 9.18. The number of anilines is 1. The number of H-pyrrole nitrogens is 1. The molecule has 10 nitrogen and oxygen atoms in total. The number of allylic oxidation sites excluding steroid dienone is 2. The summed E-state index contributed by atoms with van der Waals surface area (Å²) in [6, 6.07) is 11.6. The Bertz CT molecular complexity index is 2030. The predicted molar refractivity (Wildman–Crippen MR) is 171 cm³/mol. The van der Waals surface area contributed by atoms with Crippen LogP contribution in [-0.2, 0) is 30.7 Å². The SMILES string of the molecule is Nc1c2c(nc3cc(Cl)ccc13)CC1C=C(CCCC[n+]3cc(CNC(=O)Cc4cc(=O)oc5cc(O)ccc45)n[nH]3)CC2C1. The molecule has 3 aromatic heterocycles. The Morgan fingerprint density at radius 2 is 2.02 bits per heavy atom. The van der Waals surface area contributed by atoms with Gasteiger partial charge in [-0.25, -0.2) is 4.79 Å². The van der Waals surface area contributed by atoms with E-state index in [0.29, 0.717) is 33.5 Å². The number of halogens is 1. The van der Waals surface area contributed by atoms with Gasteiger partial charge in [-0.3, -0.25) is 9.78 Å². The molecule has 0 saturated heterocycles. The van der Waals surface area contributed by atoms with Crippen molar-refractivity contribution in [3.8, 4) is 5.75 Å². The van der Waals surface area contributed by atoms with Crippen molar-refractivity contribution in [2.75, 3.05) is 5.73 Å². The van der Waals surface area contributed by atoms with E-state index < -0.39 is 5.63 Å². The Hall–Kier alpha value is -4.70. The number of aryl methyl sites for hydroxylation is 1. The van der Waals surface area contributed by atoms with E-state index in [0.717, 1.165) is 67.4 Å². The van der Waals surface area contributed by atoms with Crippen LogP contribution in [0, 0.1) is 5.92 Å². The van der Waals surface area contributed by atoms with E-state index in [1.807, 2.05) is 29.1 Å². The van der Waals surface area contributed by atoms with Gasteiger partial charge in [0.25, 0.3) is 0 Å². The molecular formula is C34H34ClN6O4+. The first-order chi connectivity index (χ1) is 21.8. The maximum absolute atomic E-state index is 12.6.